The molecule has 168 valence electrons. The van der Waals surface area contributed by atoms with Gasteiger partial charge in [0.1, 0.15) is 11.5 Å². The molecule has 3 aromatic rings. The summed E-state index contributed by atoms with van der Waals surface area (Å²) in [5.74, 6) is 2.27. The molecule has 0 bridgehead atoms. The van der Waals surface area contributed by atoms with Gasteiger partial charge in [-0.3, -0.25) is 14.5 Å². The number of H-pyrrole nitrogens is 1. The fourth-order valence-electron chi connectivity index (χ4n) is 3.93. The van der Waals surface area contributed by atoms with Crippen LogP contribution in [0.1, 0.15) is 37.7 Å². The van der Waals surface area contributed by atoms with Gasteiger partial charge in [-0.05, 0) is 68.2 Å². The molecule has 2 aromatic carbocycles. The van der Waals surface area contributed by atoms with Crippen LogP contribution in [0.5, 0.6) is 11.5 Å². The van der Waals surface area contributed by atoms with E-state index in [1.54, 1.807) is 7.11 Å². The Morgan fingerprint density at radius 2 is 1.94 bits per heavy atom. The molecule has 8 heteroatoms. The molecule has 1 amide bonds. The summed E-state index contributed by atoms with van der Waals surface area (Å²) < 4.78 is 13.7. The Balaban J connectivity index is 1.35. The fourth-order valence-corrected chi connectivity index (χ4v) is 4.16. The van der Waals surface area contributed by atoms with Gasteiger partial charge in [0.2, 0.25) is 5.91 Å². The standard InChI is InChI=1S/C24H28N4O3S/c1-30-19-12-10-17(11-13-19)23-26-27-24(32)28(23)15-14-22(29)25-16-18-6-2-5-9-21(18)31-20-7-3-4-8-20/h2,5-6,9-13,20H,3-4,7-8,14-16H2,1H3,(H,25,29)(H,27,32). The van der Waals surface area contributed by atoms with Crippen LogP contribution >= 0.6 is 12.2 Å². The Kier molecular flexibility index (Phi) is 7.21. The smallest absolute Gasteiger partial charge is 0.222 e. The maximum Gasteiger partial charge on any atom is 0.222 e. The summed E-state index contributed by atoms with van der Waals surface area (Å²) >= 11 is 5.37. The number of nitrogens with zero attached hydrogens (tertiary/aromatic N) is 2. The van der Waals surface area contributed by atoms with Crippen LogP contribution in [0.4, 0.5) is 0 Å². The fraction of sp³-hybridized carbons (Fsp3) is 0.375. The summed E-state index contributed by atoms with van der Waals surface area (Å²) in [7, 11) is 1.63. The van der Waals surface area contributed by atoms with Crippen LogP contribution < -0.4 is 14.8 Å². The molecule has 1 fully saturated rings. The first-order valence-corrected chi connectivity index (χ1v) is 11.4. The van der Waals surface area contributed by atoms with Crippen molar-refractivity contribution in [3.63, 3.8) is 0 Å². The second kappa shape index (κ2) is 10.5. The predicted octanol–water partition coefficient (Wildman–Crippen LogP) is 4.64. The number of methoxy groups -OCH3 is 1. The summed E-state index contributed by atoms with van der Waals surface area (Å²) in [5, 5.41) is 10.2. The van der Waals surface area contributed by atoms with Gasteiger partial charge in [-0.15, -0.1) is 0 Å². The zero-order valence-corrected chi connectivity index (χ0v) is 19.0. The first-order valence-electron chi connectivity index (χ1n) is 10.9. The minimum absolute atomic E-state index is 0.0514. The minimum atomic E-state index is -0.0514. The van der Waals surface area contributed by atoms with E-state index < -0.39 is 0 Å². The van der Waals surface area contributed by atoms with E-state index in [2.05, 4.69) is 15.5 Å². The third-order valence-electron chi connectivity index (χ3n) is 5.71. The highest BCUT2D eigenvalue weighted by molar-refractivity contribution is 7.71. The van der Waals surface area contributed by atoms with Gasteiger partial charge in [-0.1, -0.05) is 18.2 Å². The van der Waals surface area contributed by atoms with Crippen LogP contribution in [0.15, 0.2) is 48.5 Å². The average molecular weight is 453 g/mol. The first kappa shape index (κ1) is 22.1. The SMILES string of the molecule is COc1ccc(-c2n[nH]c(=S)n2CCC(=O)NCc2ccccc2OC2CCCC2)cc1. The number of rotatable bonds is 9. The molecule has 2 N–H and O–H groups in total. The number of hydrogen-bond donors (Lipinski definition) is 2. The van der Waals surface area contributed by atoms with Crippen LogP contribution in [0, 0.1) is 4.77 Å². The molecule has 0 spiro atoms. The number of aromatic nitrogens is 3. The van der Waals surface area contributed by atoms with E-state index in [0.717, 1.165) is 35.5 Å². The lowest BCUT2D eigenvalue weighted by Gasteiger charge is -2.17. The number of aromatic amines is 1. The number of benzene rings is 2. The molecule has 1 heterocycles. The molecule has 0 atom stereocenters. The molecule has 1 aliphatic rings. The largest absolute Gasteiger partial charge is 0.497 e. The zero-order valence-electron chi connectivity index (χ0n) is 18.2. The van der Waals surface area contributed by atoms with E-state index >= 15 is 0 Å². The lowest BCUT2D eigenvalue weighted by atomic mass is 10.2. The van der Waals surface area contributed by atoms with Gasteiger partial charge < -0.3 is 14.8 Å². The van der Waals surface area contributed by atoms with Crippen molar-refractivity contribution in [2.24, 2.45) is 0 Å². The van der Waals surface area contributed by atoms with Gasteiger partial charge in [0.25, 0.3) is 0 Å². The molecule has 4 rings (SSSR count). The Hall–Kier alpha value is -3.13. The van der Waals surface area contributed by atoms with Gasteiger partial charge in [-0.2, -0.15) is 5.10 Å². The lowest BCUT2D eigenvalue weighted by molar-refractivity contribution is -0.121. The quantitative estimate of drug-likeness (QED) is 0.462. The second-order valence-electron chi connectivity index (χ2n) is 7.89. The van der Waals surface area contributed by atoms with E-state index in [9.17, 15) is 4.79 Å². The van der Waals surface area contributed by atoms with Crippen molar-refractivity contribution in [3.8, 4) is 22.9 Å². The molecule has 1 aliphatic carbocycles. The van der Waals surface area contributed by atoms with Gasteiger partial charge in [-0.25, -0.2) is 0 Å². The molecule has 1 aromatic heterocycles. The Morgan fingerprint density at radius 1 is 1.19 bits per heavy atom. The van der Waals surface area contributed by atoms with Crippen LogP contribution in [0.2, 0.25) is 0 Å². The Bertz CT molecular complexity index is 1100. The highest BCUT2D eigenvalue weighted by Gasteiger charge is 2.18. The Labute approximate surface area is 192 Å². The monoisotopic (exact) mass is 452 g/mol. The number of hydrogen-bond acceptors (Lipinski definition) is 5. The van der Waals surface area contributed by atoms with Gasteiger partial charge >= 0.3 is 0 Å². The Morgan fingerprint density at radius 3 is 2.69 bits per heavy atom. The van der Waals surface area contributed by atoms with Crippen LogP contribution in [-0.4, -0.2) is 33.9 Å². The van der Waals surface area contributed by atoms with Crippen molar-refractivity contribution < 1.29 is 14.3 Å². The predicted molar refractivity (Wildman–Crippen MR) is 125 cm³/mol. The molecule has 0 saturated heterocycles. The normalized spacial score (nSPS) is 13.8. The molecule has 0 radical (unpaired) electrons. The molecular formula is C24H28N4O3S. The molecule has 1 saturated carbocycles. The van der Waals surface area contributed by atoms with E-state index in [-0.39, 0.29) is 12.0 Å². The number of amides is 1. The van der Waals surface area contributed by atoms with Crippen LogP contribution in [0.25, 0.3) is 11.4 Å². The number of para-hydroxylation sites is 1. The van der Waals surface area contributed by atoms with Gasteiger partial charge in [0, 0.05) is 30.6 Å². The lowest BCUT2D eigenvalue weighted by Crippen LogP contribution is -2.24. The molecule has 0 aliphatic heterocycles. The molecule has 7 nitrogen and oxygen atoms in total. The van der Waals surface area contributed by atoms with Crippen molar-refractivity contribution >= 4 is 18.1 Å². The van der Waals surface area contributed by atoms with Crippen molar-refractivity contribution in [2.75, 3.05) is 7.11 Å². The summed E-state index contributed by atoms with van der Waals surface area (Å²) in [5.41, 5.74) is 1.89. The van der Waals surface area contributed by atoms with E-state index in [1.807, 2.05) is 53.1 Å². The average Bonchev–Trinajstić information content (AvgIpc) is 3.46. The van der Waals surface area contributed by atoms with E-state index in [1.165, 1.54) is 12.8 Å². The van der Waals surface area contributed by atoms with E-state index in [0.29, 0.717) is 30.1 Å². The topological polar surface area (TPSA) is 81.2 Å². The van der Waals surface area contributed by atoms with Crippen molar-refractivity contribution in [1.29, 1.82) is 0 Å². The highest BCUT2D eigenvalue weighted by Crippen LogP contribution is 2.26. The maximum atomic E-state index is 12.6. The highest BCUT2D eigenvalue weighted by atomic mass is 32.1. The summed E-state index contributed by atoms with van der Waals surface area (Å²) in [6.45, 7) is 0.868. The van der Waals surface area contributed by atoms with Crippen LogP contribution in [0.3, 0.4) is 0 Å². The third kappa shape index (κ3) is 5.37. The van der Waals surface area contributed by atoms with Crippen molar-refractivity contribution in [3.05, 3.63) is 58.9 Å². The van der Waals surface area contributed by atoms with Crippen molar-refractivity contribution in [1.82, 2.24) is 20.1 Å². The summed E-state index contributed by atoms with van der Waals surface area (Å²) in [6.07, 6.45) is 5.22. The molecule has 0 unspecified atom stereocenters. The first-order chi connectivity index (χ1) is 15.6. The summed E-state index contributed by atoms with van der Waals surface area (Å²) in [4.78, 5) is 12.6. The number of carbonyl (C=O) groups is 1. The second-order valence-corrected chi connectivity index (χ2v) is 8.28. The minimum Gasteiger partial charge on any atom is -0.497 e. The number of ether oxygens (including phenoxy) is 2. The molecule has 32 heavy (non-hydrogen) atoms. The summed E-state index contributed by atoms with van der Waals surface area (Å²) in [6, 6.07) is 15.5. The van der Waals surface area contributed by atoms with Gasteiger partial charge in [0.05, 0.1) is 13.2 Å². The zero-order chi connectivity index (χ0) is 22.3. The van der Waals surface area contributed by atoms with Crippen molar-refractivity contribution in [2.45, 2.75) is 51.3 Å². The van der Waals surface area contributed by atoms with E-state index in [4.69, 9.17) is 21.7 Å². The van der Waals surface area contributed by atoms with Gasteiger partial charge in [0.15, 0.2) is 10.6 Å². The number of nitrogens with one attached hydrogen (secondary N) is 2. The maximum absolute atomic E-state index is 12.6. The number of carbonyl (C=O) groups excluding carboxylic acids is 1. The third-order valence-corrected chi connectivity index (χ3v) is 6.03. The van der Waals surface area contributed by atoms with Crippen LogP contribution in [-0.2, 0) is 17.9 Å². The molecular weight excluding hydrogens is 424 g/mol.